The predicted octanol–water partition coefficient (Wildman–Crippen LogP) is 2.24. The van der Waals surface area contributed by atoms with Gasteiger partial charge in [0.05, 0.1) is 40.1 Å². The Morgan fingerprint density at radius 3 is 2.57 bits per heavy atom. The number of nitrogens with one attached hydrogen (secondary N) is 1. The quantitative estimate of drug-likeness (QED) is 0.887. The topological polar surface area (TPSA) is 69.3 Å². The van der Waals surface area contributed by atoms with Crippen LogP contribution in [0.4, 0.5) is 10.5 Å². The average molecular weight is 345 g/mol. The minimum Gasteiger partial charge on any atom is -0.495 e. The smallest absolute Gasteiger partial charge is 0.322 e. The highest BCUT2D eigenvalue weighted by Gasteiger charge is 2.27. The van der Waals surface area contributed by atoms with E-state index in [1.807, 2.05) is 0 Å². The van der Waals surface area contributed by atoms with Crippen LogP contribution in [0.2, 0.25) is 5.02 Å². The van der Waals surface area contributed by atoms with E-state index in [-0.39, 0.29) is 12.1 Å². The van der Waals surface area contributed by atoms with Gasteiger partial charge in [-0.25, -0.2) is 4.79 Å². The van der Waals surface area contributed by atoms with Crippen LogP contribution in [-0.4, -0.2) is 64.7 Å². The van der Waals surface area contributed by atoms with E-state index in [2.05, 4.69) is 5.32 Å². The molecule has 1 atom stereocenters. The molecule has 1 aromatic carbocycles. The van der Waals surface area contributed by atoms with Crippen molar-refractivity contribution in [1.29, 1.82) is 0 Å². The Labute approximate surface area is 140 Å². The lowest BCUT2D eigenvalue weighted by molar-refractivity contribution is -0.0133. The Kier molecular flexibility index (Phi) is 6.32. The van der Waals surface area contributed by atoms with E-state index in [1.165, 1.54) is 14.2 Å². The second kappa shape index (κ2) is 8.24. The lowest BCUT2D eigenvalue weighted by atomic mass is 10.2. The molecule has 2 rings (SSSR count). The molecule has 0 radical (unpaired) electrons. The maximum atomic E-state index is 12.5. The summed E-state index contributed by atoms with van der Waals surface area (Å²) >= 11 is 6.12. The van der Waals surface area contributed by atoms with Crippen LogP contribution in [0.1, 0.15) is 0 Å². The van der Waals surface area contributed by atoms with Crippen LogP contribution in [0.5, 0.6) is 11.5 Å². The number of urea groups is 1. The molecule has 1 unspecified atom stereocenters. The molecule has 8 heteroatoms. The van der Waals surface area contributed by atoms with Crippen LogP contribution in [0.3, 0.4) is 0 Å². The normalized spacial score (nSPS) is 17.7. The fourth-order valence-electron chi connectivity index (χ4n) is 2.39. The van der Waals surface area contributed by atoms with Gasteiger partial charge in [0, 0.05) is 31.5 Å². The first kappa shape index (κ1) is 17.7. The summed E-state index contributed by atoms with van der Waals surface area (Å²) in [6.07, 6.45) is 0. The van der Waals surface area contributed by atoms with Gasteiger partial charge in [-0.3, -0.25) is 0 Å². The molecule has 1 N–H and O–H groups in total. The molecule has 1 aromatic rings. The van der Waals surface area contributed by atoms with Crippen molar-refractivity contribution in [3.8, 4) is 11.5 Å². The van der Waals surface area contributed by atoms with E-state index in [9.17, 15) is 4.79 Å². The second-order valence-electron chi connectivity index (χ2n) is 5.00. The first-order chi connectivity index (χ1) is 11.1. The Hall–Kier alpha value is -1.70. The molecular weight excluding hydrogens is 324 g/mol. The van der Waals surface area contributed by atoms with Crippen molar-refractivity contribution in [2.24, 2.45) is 0 Å². The van der Waals surface area contributed by atoms with Crippen LogP contribution in [0, 0.1) is 0 Å². The van der Waals surface area contributed by atoms with Gasteiger partial charge in [-0.2, -0.15) is 0 Å². The van der Waals surface area contributed by atoms with Gasteiger partial charge in [-0.05, 0) is 0 Å². The van der Waals surface area contributed by atoms with Gasteiger partial charge in [-0.15, -0.1) is 0 Å². The average Bonchev–Trinajstić information content (AvgIpc) is 2.57. The second-order valence-corrected chi connectivity index (χ2v) is 5.38. The third-order valence-electron chi connectivity index (χ3n) is 3.54. The lowest BCUT2D eigenvalue weighted by Gasteiger charge is -2.35. The number of hydrogen-bond donors (Lipinski definition) is 1. The summed E-state index contributed by atoms with van der Waals surface area (Å²) in [6.45, 7) is 1.87. The van der Waals surface area contributed by atoms with Gasteiger partial charge < -0.3 is 29.2 Å². The van der Waals surface area contributed by atoms with Crippen molar-refractivity contribution in [1.82, 2.24) is 4.90 Å². The molecular formula is C15H21ClN2O5. The van der Waals surface area contributed by atoms with Gasteiger partial charge in [0.2, 0.25) is 0 Å². The maximum Gasteiger partial charge on any atom is 0.322 e. The fourth-order valence-corrected chi connectivity index (χ4v) is 2.65. The first-order valence-electron chi connectivity index (χ1n) is 7.16. The molecule has 2 amide bonds. The largest absolute Gasteiger partial charge is 0.495 e. The number of rotatable bonds is 5. The summed E-state index contributed by atoms with van der Waals surface area (Å²) < 4.78 is 20.9. The zero-order valence-electron chi connectivity index (χ0n) is 13.4. The Morgan fingerprint density at radius 2 is 2.00 bits per heavy atom. The van der Waals surface area contributed by atoms with Gasteiger partial charge in [-0.1, -0.05) is 11.6 Å². The molecule has 7 nitrogen and oxygen atoms in total. The summed E-state index contributed by atoms with van der Waals surface area (Å²) in [5.41, 5.74) is 0.538. The lowest BCUT2D eigenvalue weighted by Crippen LogP contribution is -2.52. The number of amides is 2. The molecule has 1 saturated heterocycles. The minimum atomic E-state index is -0.234. The van der Waals surface area contributed by atoms with Crippen LogP contribution in [0.15, 0.2) is 12.1 Å². The van der Waals surface area contributed by atoms with Crippen LogP contribution < -0.4 is 14.8 Å². The van der Waals surface area contributed by atoms with E-state index in [0.717, 1.165) is 0 Å². The minimum absolute atomic E-state index is 0.121. The summed E-state index contributed by atoms with van der Waals surface area (Å²) in [4.78, 5) is 14.2. The molecule has 1 aliphatic rings. The molecule has 0 bridgehead atoms. The van der Waals surface area contributed by atoms with Crippen molar-refractivity contribution >= 4 is 23.3 Å². The van der Waals surface area contributed by atoms with Crippen molar-refractivity contribution in [3.05, 3.63) is 17.2 Å². The number of ether oxygens (including phenoxy) is 4. The number of halogens is 1. The molecule has 1 fully saturated rings. The number of anilines is 1. The highest BCUT2D eigenvalue weighted by atomic mass is 35.5. The molecule has 0 spiro atoms. The first-order valence-corrected chi connectivity index (χ1v) is 7.54. The van der Waals surface area contributed by atoms with Crippen LogP contribution in [-0.2, 0) is 9.47 Å². The summed E-state index contributed by atoms with van der Waals surface area (Å²) in [6, 6.07) is 2.94. The third-order valence-corrected chi connectivity index (χ3v) is 3.92. The number of hydrogen-bond acceptors (Lipinski definition) is 5. The Balaban J connectivity index is 2.15. The molecule has 23 heavy (non-hydrogen) atoms. The van der Waals surface area contributed by atoms with Crippen molar-refractivity contribution < 1.29 is 23.7 Å². The van der Waals surface area contributed by atoms with E-state index in [0.29, 0.717) is 48.6 Å². The number of nitrogens with zero attached hydrogens (tertiary/aromatic N) is 1. The number of methoxy groups -OCH3 is 3. The number of morpholine rings is 1. The molecule has 128 valence electrons. The van der Waals surface area contributed by atoms with E-state index < -0.39 is 0 Å². The van der Waals surface area contributed by atoms with Crippen LogP contribution in [0.25, 0.3) is 0 Å². The van der Waals surface area contributed by atoms with Gasteiger partial charge >= 0.3 is 6.03 Å². The standard InChI is InChI=1S/C15H21ClN2O5/c1-20-8-11-9-23-5-4-18(11)15(19)17-10-6-12(21-2)14(16)13(7-10)22-3/h6-7,11H,4-5,8-9H2,1-3H3,(H,17,19). The van der Waals surface area contributed by atoms with Gasteiger partial charge in [0.1, 0.15) is 16.5 Å². The molecule has 1 heterocycles. The Bertz CT molecular complexity index is 528. The predicted molar refractivity (Wildman–Crippen MR) is 86.8 cm³/mol. The Morgan fingerprint density at radius 1 is 1.35 bits per heavy atom. The SMILES string of the molecule is COCC1COCCN1C(=O)Nc1cc(OC)c(Cl)c(OC)c1. The maximum absolute atomic E-state index is 12.5. The van der Waals surface area contributed by atoms with E-state index >= 15 is 0 Å². The zero-order valence-corrected chi connectivity index (χ0v) is 14.2. The van der Waals surface area contributed by atoms with Gasteiger partial charge in [0.15, 0.2) is 0 Å². The summed E-state index contributed by atoms with van der Waals surface area (Å²) in [5.74, 6) is 0.855. The van der Waals surface area contributed by atoms with Crippen LogP contribution >= 0.6 is 11.6 Å². The third kappa shape index (κ3) is 4.19. The molecule has 0 saturated carbocycles. The molecule has 0 aliphatic carbocycles. The van der Waals surface area contributed by atoms with E-state index in [1.54, 1.807) is 24.1 Å². The number of carbonyl (C=O) groups excluding carboxylic acids is 1. The molecule has 1 aliphatic heterocycles. The van der Waals surface area contributed by atoms with Gasteiger partial charge in [0.25, 0.3) is 0 Å². The highest BCUT2D eigenvalue weighted by Crippen LogP contribution is 2.37. The summed E-state index contributed by atoms with van der Waals surface area (Å²) in [7, 11) is 4.60. The van der Waals surface area contributed by atoms with Crippen molar-refractivity contribution in [3.63, 3.8) is 0 Å². The summed E-state index contributed by atoms with van der Waals surface area (Å²) in [5, 5.41) is 3.19. The highest BCUT2D eigenvalue weighted by molar-refractivity contribution is 6.33. The zero-order chi connectivity index (χ0) is 16.8. The number of carbonyl (C=O) groups is 1. The van der Waals surface area contributed by atoms with E-state index in [4.69, 9.17) is 30.5 Å². The van der Waals surface area contributed by atoms with Crippen molar-refractivity contribution in [2.45, 2.75) is 6.04 Å². The number of benzene rings is 1. The molecule has 0 aromatic heterocycles. The fraction of sp³-hybridized carbons (Fsp3) is 0.533. The monoisotopic (exact) mass is 344 g/mol. The van der Waals surface area contributed by atoms with Crippen molar-refractivity contribution in [2.75, 3.05) is 53.0 Å².